The maximum atomic E-state index is 12.8. The van der Waals surface area contributed by atoms with Crippen LogP contribution < -0.4 is 14.5 Å². The van der Waals surface area contributed by atoms with Crippen molar-refractivity contribution in [3.8, 4) is 5.75 Å². The van der Waals surface area contributed by atoms with Crippen LogP contribution in [0.2, 0.25) is 0 Å². The lowest BCUT2D eigenvalue weighted by Crippen LogP contribution is -2.31. The minimum absolute atomic E-state index is 0.0635. The average Bonchev–Trinajstić information content (AvgIpc) is 3.32. The largest absolute Gasteiger partial charge is 0.426 e. The van der Waals surface area contributed by atoms with Crippen molar-refractivity contribution >= 4 is 51.0 Å². The molecule has 2 aliphatic heterocycles. The molecule has 0 bridgehead atoms. The van der Waals surface area contributed by atoms with E-state index in [2.05, 4.69) is 15.9 Å². The van der Waals surface area contributed by atoms with Crippen LogP contribution in [-0.4, -0.2) is 30.2 Å². The van der Waals surface area contributed by atoms with E-state index in [0.29, 0.717) is 18.5 Å². The van der Waals surface area contributed by atoms with Gasteiger partial charge in [0.2, 0.25) is 17.7 Å². The quantitative estimate of drug-likeness (QED) is 0.271. The second-order valence-corrected chi connectivity index (χ2v) is 9.38. The van der Waals surface area contributed by atoms with Gasteiger partial charge >= 0.3 is 5.97 Å². The molecule has 3 atom stereocenters. The van der Waals surface area contributed by atoms with Crippen molar-refractivity contribution in [2.24, 2.45) is 17.8 Å². The summed E-state index contributed by atoms with van der Waals surface area (Å²) in [5.74, 6) is -2.12. The molecule has 0 saturated carbocycles. The highest BCUT2D eigenvalue weighted by Crippen LogP contribution is 2.38. The number of rotatable bonds is 4. The number of hydrogen-bond donors (Lipinski definition) is 0. The summed E-state index contributed by atoms with van der Waals surface area (Å²) in [5.41, 5.74) is 1.12. The summed E-state index contributed by atoms with van der Waals surface area (Å²) >= 11 is 3.37. The number of hydrogen-bond acceptors (Lipinski definition) is 5. The normalized spacial score (nSPS) is 24.4. The van der Waals surface area contributed by atoms with Crippen molar-refractivity contribution < 1.29 is 23.9 Å². The summed E-state index contributed by atoms with van der Waals surface area (Å²) in [4.78, 5) is 53.7. The third-order valence-electron chi connectivity index (χ3n) is 6.40. The molecule has 2 aromatic carbocycles. The van der Waals surface area contributed by atoms with Gasteiger partial charge in [0, 0.05) is 29.2 Å². The topological polar surface area (TPSA) is 84.0 Å². The van der Waals surface area contributed by atoms with Gasteiger partial charge in [-0.3, -0.25) is 19.2 Å². The molecule has 0 N–H and O–H groups in total. The van der Waals surface area contributed by atoms with E-state index >= 15 is 0 Å². The van der Waals surface area contributed by atoms with Crippen LogP contribution in [0.4, 0.5) is 11.4 Å². The predicted octanol–water partition coefficient (Wildman–Crippen LogP) is 3.86. The van der Waals surface area contributed by atoms with E-state index in [1.54, 1.807) is 23.1 Å². The van der Waals surface area contributed by atoms with Gasteiger partial charge in [-0.05, 0) is 49.2 Å². The zero-order valence-corrected chi connectivity index (χ0v) is 19.2. The molecule has 2 heterocycles. The molecule has 168 valence electrons. The average molecular weight is 509 g/mol. The van der Waals surface area contributed by atoms with Gasteiger partial charge in [-0.15, -0.1) is 0 Å². The van der Waals surface area contributed by atoms with Gasteiger partial charge in [0.1, 0.15) is 5.75 Å². The number of allylic oxidation sites excluding steroid dienone is 2. The van der Waals surface area contributed by atoms with Crippen LogP contribution in [0.25, 0.3) is 0 Å². The summed E-state index contributed by atoms with van der Waals surface area (Å²) in [6, 6.07) is 13.7. The molecule has 2 fully saturated rings. The van der Waals surface area contributed by atoms with E-state index in [4.69, 9.17) is 4.74 Å². The fourth-order valence-electron chi connectivity index (χ4n) is 4.68. The van der Waals surface area contributed by atoms with Crippen LogP contribution in [0.3, 0.4) is 0 Å². The monoisotopic (exact) mass is 508 g/mol. The number of imide groups is 1. The van der Waals surface area contributed by atoms with E-state index in [9.17, 15) is 19.2 Å². The first-order valence-corrected chi connectivity index (χ1v) is 11.6. The zero-order valence-electron chi connectivity index (χ0n) is 17.6. The van der Waals surface area contributed by atoms with Crippen molar-refractivity contribution in [2.45, 2.75) is 19.3 Å². The number of carbonyl (C=O) groups is 4. The van der Waals surface area contributed by atoms with Crippen molar-refractivity contribution in [3.05, 3.63) is 65.2 Å². The number of halogens is 1. The molecule has 0 spiro atoms. The van der Waals surface area contributed by atoms with Gasteiger partial charge in [0.25, 0.3) is 0 Å². The van der Waals surface area contributed by atoms with Crippen molar-refractivity contribution in [1.29, 1.82) is 0 Å². The van der Waals surface area contributed by atoms with Crippen molar-refractivity contribution in [1.82, 2.24) is 0 Å². The van der Waals surface area contributed by atoms with Crippen LogP contribution in [0.1, 0.15) is 19.3 Å². The highest BCUT2D eigenvalue weighted by molar-refractivity contribution is 9.10. The molecular formula is C25H21BrN2O5. The molecule has 2 aromatic rings. The lowest BCUT2D eigenvalue weighted by Gasteiger charge is -2.17. The van der Waals surface area contributed by atoms with Crippen LogP contribution >= 0.6 is 15.9 Å². The molecule has 1 aliphatic carbocycles. The third kappa shape index (κ3) is 3.99. The Labute approximate surface area is 199 Å². The third-order valence-corrected chi connectivity index (χ3v) is 6.93. The number of nitrogens with zero attached hydrogens (tertiary/aromatic N) is 2. The molecule has 3 aliphatic rings. The van der Waals surface area contributed by atoms with Crippen LogP contribution in [-0.2, 0) is 19.2 Å². The summed E-state index contributed by atoms with van der Waals surface area (Å²) in [6.07, 6.45) is 5.06. The van der Waals surface area contributed by atoms with E-state index in [-0.39, 0.29) is 48.3 Å². The first kappa shape index (κ1) is 21.6. The molecule has 0 aromatic heterocycles. The predicted molar refractivity (Wildman–Crippen MR) is 125 cm³/mol. The van der Waals surface area contributed by atoms with E-state index < -0.39 is 11.9 Å². The van der Waals surface area contributed by atoms with Crippen molar-refractivity contribution in [3.63, 3.8) is 0 Å². The zero-order chi connectivity index (χ0) is 23.1. The Balaban J connectivity index is 1.29. The smallest absolute Gasteiger partial charge is 0.316 e. The molecule has 33 heavy (non-hydrogen) atoms. The highest BCUT2D eigenvalue weighted by Gasteiger charge is 2.48. The maximum Gasteiger partial charge on any atom is 0.316 e. The Bertz CT molecular complexity index is 1150. The SMILES string of the molecule is O=C(Oc1cccc(N2C(=O)[C@H]3CC=CC[C@H]3C2=O)c1)[C@H]1CC(=O)N(c2ccc(Br)cc2)C1. The molecule has 7 nitrogen and oxygen atoms in total. The lowest BCUT2D eigenvalue weighted by atomic mass is 9.85. The van der Waals surface area contributed by atoms with Crippen LogP contribution in [0.15, 0.2) is 65.2 Å². The molecule has 2 saturated heterocycles. The second kappa shape index (κ2) is 8.59. The summed E-state index contributed by atoms with van der Waals surface area (Å²) in [6.45, 7) is 0.235. The Hall–Kier alpha value is -3.26. The molecular weight excluding hydrogens is 488 g/mol. The van der Waals surface area contributed by atoms with E-state index in [0.717, 1.165) is 10.2 Å². The van der Waals surface area contributed by atoms with E-state index in [1.807, 2.05) is 36.4 Å². The number of carbonyl (C=O) groups excluding carboxylic acids is 4. The summed E-state index contributed by atoms with van der Waals surface area (Å²) < 4.78 is 6.45. The van der Waals surface area contributed by atoms with Crippen LogP contribution in [0, 0.1) is 17.8 Å². The minimum Gasteiger partial charge on any atom is -0.426 e. The summed E-state index contributed by atoms with van der Waals surface area (Å²) in [7, 11) is 0. The Kier molecular flexibility index (Phi) is 5.62. The number of fused-ring (bicyclic) bond motifs is 1. The fourth-order valence-corrected chi connectivity index (χ4v) is 4.94. The number of amides is 3. The fraction of sp³-hybridized carbons (Fsp3) is 0.280. The number of ether oxygens (including phenoxy) is 1. The minimum atomic E-state index is -0.603. The maximum absolute atomic E-state index is 12.8. The van der Waals surface area contributed by atoms with Gasteiger partial charge in [-0.1, -0.05) is 34.1 Å². The lowest BCUT2D eigenvalue weighted by molar-refractivity contribution is -0.139. The van der Waals surface area contributed by atoms with Crippen LogP contribution in [0.5, 0.6) is 5.75 Å². The first-order valence-electron chi connectivity index (χ1n) is 10.8. The first-order chi connectivity index (χ1) is 15.9. The Morgan fingerprint density at radius 2 is 1.58 bits per heavy atom. The molecule has 3 amide bonds. The number of benzene rings is 2. The van der Waals surface area contributed by atoms with Gasteiger partial charge in [-0.2, -0.15) is 0 Å². The summed E-state index contributed by atoms with van der Waals surface area (Å²) in [5, 5.41) is 0. The number of esters is 1. The van der Waals surface area contributed by atoms with Crippen molar-refractivity contribution in [2.75, 3.05) is 16.3 Å². The number of anilines is 2. The highest BCUT2D eigenvalue weighted by atomic mass is 79.9. The van der Waals surface area contributed by atoms with Gasteiger partial charge in [-0.25, -0.2) is 4.90 Å². The Morgan fingerprint density at radius 3 is 2.24 bits per heavy atom. The standard InChI is InChI=1S/C25H21BrN2O5/c26-16-8-10-17(11-9-16)27-14-15(12-22(27)29)25(32)33-19-5-3-4-18(13-19)28-23(30)20-6-1-2-7-21(20)24(28)31/h1-5,8-11,13,15,20-21H,6-7,12,14H2/t15-,20-,21+/m0/s1. The van der Waals surface area contributed by atoms with Gasteiger partial charge in [0.15, 0.2) is 0 Å². The van der Waals surface area contributed by atoms with Gasteiger partial charge in [0.05, 0.1) is 23.4 Å². The Morgan fingerprint density at radius 1 is 0.909 bits per heavy atom. The molecule has 0 unspecified atom stereocenters. The van der Waals surface area contributed by atoms with Gasteiger partial charge < -0.3 is 9.64 Å². The molecule has 0 radical (unpaired) electrons. The molecule has 8 heteroatoms. The van der Waals surface area contributed by atoms with E-state index in [1.165, 1.54) is 11.0 Å². The molecule has 5 rings (SSSR count). The second-order valence-electron chi connectivity index (χ2n) is 8.47.